The van der Waals surface area contributed by atoms with Crippen LogP contribution in [0.4, 0.5) is 0 Å². The van der Waals surface area contributed by atoms with Crippen LogP contribution in [-0.4, -0.2) is 39.4 Å². The normalized spacial score (nSPS) is 21.1. The summed E-state index contributed by atoms with van der Waals surface area (Å²) in [4.78, 5) is 29.1. The molecule has 0 spiro atoms. The monoisotopic (exact) mass is 475 g/mol. The number of aliphatic hydroxyl groups excluding tert-OH is 1. The molecule has 2 aromatic rings. The number of hydrogen-bond acceptors (Lipinski definition) is 5. The summed E-state index contributed by atoms with van der Waals surface area (Å²) in [5, 5.41) is 18.7. The van der Waals surface area contributed by atoms with E-state index in [4.69, 9.17) is 23.2 Å². The average Bonchev–Trinajstić information content (AvgIpc) is 3.29. The van der Waals surface area contributed by atoms with Crippen LogP contribution in [0.1, 0.15) is 17.8 Å². The predicted molar refractivity (Wildman–Crippen MR) is 123 cm³/mol. The van der Waals surface area contributed by atoms with Crippen molar-refractivity contribution >= 4 is 40.6 Å². The number of benzene rings is 1. The van der Waals surface area contributed by atoms with Crippen LogP contribution < -0.4 is 16.0 Å². The number of imidazole rings is 1. The van der Waals surface area contributed by atoms with Crippen molar-refractivity contribution in [3.8, 4) is 0 Å². The molecule has 0 saturated carbocycles. The molecule has 168 valence electrons. The molecule has 1 aromatic heterocycles. The Hall–Kier alpha value is -2.91. The predicted octanol–water partition coefficient (Wildman–Crippen LogP) is 2.16. The van der Waals surface area contributed by atoms with Crippen LogP contribution in [0, 0.1) is 0 Å². The lowest BCUT2D eigenvalue weighted by Crippen LogP contribution is -2.54. The van der Waals surface area contributed by atoms with Crippen LogP contribution in [0.15, 0.2) is 66.5 Å². The molecule has 1 saturated heterocycles. The number of aliphatic hydroxyl groups is 1. The molecule has 3 rings (SSSR count). The van der Waals surface area contributed by atoms with E-state index in [9.17, 15) is 14.7 Å². The molecule has 4 N–H and O–H groups in total. The van der Waals surface area contributed by atoms with Gasteiger partial charge in [-0.25, -0.2) is 4.98 Å². The summed E-state index contributed by atoms with van der Waals surface area (Å²) in [6, 6.07) is 7.20. The summed E-state index contributed by atoms with van der Waals surface area (Å²) in [6.07, 6.45) is 6.89. The molecule has 8 nitrogen and oxygen atoms in total. The van der Waals surface area contributed by atoms with Crippen LogP contribution in [0.2, 0.25) is 5.02 Å². The Bertz CT molecular complexity index is 1080. The standard InChI is InChI=1S/C22H23Cl2N5O3/c1-14(15-6-8-16(23)9-7-15)12-17(24)4-3-5-18(30)26-13-22(19-25-10-11-29(19)2)20(31)27-21(32)28-22/h3-4,6-12,21,28,32H,1,5,13H2,2H3,(H,26,30)(H,27,31)/b4-3-,17-12+. The maximum atomic E-state index is 12.5. The van der Waals surface area contributed by atoms with Crippen LogP contribution in [-0.2, 0) is 22.2 Å². The summed E-state index contributed by atoms with van der Waals surface area (Å²) < 4.78 is 1.65. The number of rotatable bonds is 8. The van der Waals surface area contributed by atoms with E-state index in [2.05, 4.69) is 27.5 Å². The molecule has 1 aliphatic rings. The van der Waals surface area contributed by atoms with Crippen molar-refractivity contribution in [3.05, 3.63) is 82.9 Å². The zero-order valence-corrected chi connectivity index (χ0v) is 18.8. The van der Waals surface area contributed by atoms with Crippen molar-refractivity contribution in [2.75, 3.05) is 6.54 Å². The second-order valence-corrected chi connectivity index (χ2v) is 8.10. The van der Waals surface area contributed by atoms with Gasteiger partial charge in [0.2, 0.25) is 5.91 Å². The van der Waals surface area contributed by atoms with Gasteiger partial charge in [-0.05, 0) is 35.4 Å². The van der Waals surface area contributed by atoms with Gasteiger partial charge in [0.05, 0.1) is 6.54 Å². The fourth-order valence-electron chi connectivity index (χ4n) is 3.28. The summed E-state index contributed by atoms with van der Waals surface area (Å²) >= 11 is 12.1. The number of nitrogens with one attached hydrogen (secondary N) is 3. The summed E-state index contributed by atoms with van der Waals surface area (Å²) in [6.45, 7) is 3.88. The Kier molecular flexibility index (Phi) is 7.52. The molecule has 0 aliphatic carbocycles. The second kappa shape index (κ2) is 10.1. The quantitative estimate of drug-likeness (QED) is 0.437. The zero-order chi connectivity index (χ0) is 23.3. The Morgan fingerprint density at radius 3 is 2.72 bits per heavy atom. The van der Waals surface area contributed by atoms with E-state index in [1.807, 2.05) is 12.1 Å². The molecule has 0 bridgehead atoms. The van der Waals surface area contributed by atoms with Crippen molar-refractivity contribution in [2.45, 2.75) is 18.3 Å². The lowest BCUT2D eigenvalue weighted by molar-refractivity contribution is -0.125. The van der Waals surface area contributed by atoms with Gasteiger partial charge in [-0.1, -0.05) is 48.0 Å². The molecule has 1 aromatic carbocycles. The van der Waals surface area contributed by atoms with E-state index in [0.717, 1.165) is 5.56 Å². The van der Waals surface area contributed by atoms with Crippen LogP contribution in [0.3, 0.4) is 0 Å². The molecular weight excluding hydrogens is 453 g/mol. The largest absolute Gasteiger partial charge is 0.361 e. The highest BCUT2D eigenvalue weighted by atomic mass is 35.5. The Balaban J connectivity index is 1.58. The van der Waals surface area contributed by atoms with Gasteiger partial charge in [-0.3, -0.25) is 14.9 Å². The summed E-state index contributed by atoms with van der Waals surface area (Å²) in [5.41, 5.74) is 0.197. The van der Waals surface area contributed by atoms with E-state index in [1.54, 1.807) is 48.2 Å². The van der Waals surface area contributed by atoms with E-state index in [1.165, 1.54) is 6.20 Å². The molecule has 2 amide bonds. The second-order valence-electron chi connectivity index (χ2n) is 7.23. The molecule has 0 radical (unpaired) electrons. The van der Waals surface area contributed by atoms with Crippen molar-refractivity contribution < 1.29 is 14.7 Å². The maximum Gasteiger partial charge on any atom is 0.253 e. The van der Waals surface area contributed by atoms with E-state index >= 15 is 0 Å². The third-order valence-electron chi connectivity index (χ3n) is 4.90. The molecule has 2 atom stereocenters. The number of carbonyl (C=O) groups excluding carboxylic acids is 2. The minimum Gasteiger partial charge on any atom is -0.361 e. The number of carbonyl (C=O) groups is 2. The van der Waals surface area contributed by atoms with Crippen molar-refractivity contribution in [1.82, 2.24) is 25.5 Å². The van der Waals surface area contributed by atoms with Gasteiger partial charge in [-0.15, -0.1) is 0 Å². The Morgan fingerprint density at radius 1 is 1.41 bits per heavy atom. The Morgan fingerprint density at radius 2 is 2.12 bits per heavy atom. The molecule has 2 unspecified atom stereocenters. The van der Waals surface area contributed by atoms with Crippen LogP contribution in [0.5, 0.6) is 0 Å². The van der Waals surface area contributed by atoms with Gasteiger partial charge in [0.25, 0.3) is 5.91 Å². The number of halogens is 2. The average molecular weight is 476 g/mol. The van der Waals surface area contributed by atoms with E-state index < -0.39 is 17.8 Å². The number of allylic oxidation sites excluding steroid dienone is 4. The van der Waals surface area contributed by atoms with E-state index in [0.29, 0.717) is 21.5 Å². The summed E-state index contributed by atoms with van der Waals surface area (Å²) in [7, 11) is 1.72. The smallest absolute Gasteiger partial charge is 0.253 e. The third kappa shape index (κ3) is 5.46. The van der Waals surface area contributed by atoms with Crippen LogP contribution in [0.25, 0.3) is 5.57 Å². The molecule has 10 heteroatoms. The highest BCUT2D eigenvalue weighted by Crippen LogP contribution is 2.23. The Labute approximate surface area is 195 Å². The van der Waals surface area contributed by atoms with Gasteiger partial charge in [0.1, 0.15) is 5.82 Å². The first-order valence-corrected chi connectivity index (χ1v) is 10.5. The number of hydrogen-bond donors (Lipinski definition) is 4. The highest BCUT2D eigenvalue weighted by Gasteiger charge is 2.50. The molecule has 1 aliphatic heterocycles. The van der Waals surface area contributed by atoms with E-state index in [-0.39, 0.29) is 18.9 Å². The van der Waals surface area contributed by atoms with Crippen molar-refractivity contribution in [2.24, 2.45) is 7.05 Å². The highest BCUT2D eigenvalue weighted by molar-refractivity contribution is 6.32. The van der Waals surface area contributed by atoms with Crippen LogP contribution >= 0.6 is 23.2 Å². The minimum absolute atomic E-state index is 0.0400. The number of aryl methyl sites for hydroxylation is 1. The topological polar surface area (TPSA) is 108 Å². The van der Waals surface area contributed by atoms with Crippen molar-refractivity contribution in [1.29, 1.82) is 0 Å². The first-order chi connectivity index (χ1) is 15.2. The lowest BCUT2D eigenvalue weighted by atomic mass is 9.98. The van der Waals surface area contributed by atoms with Gasteiger partial charge in [0.15, 0.2) is 11.9 Å². The molecule has 32 heavy (non-hydrogen) atoms. The molecule has 2 heterocycles. The van der Waals surface area contributed by atoms with Gasteiger partial charge >= 0.3 is 0 Å². The SMILES string of the molecule is C=C(/C=C(Cl)\C=C/CC(=O)NCC1(c2nccn2C)NC(O)NC1=O)c1ccc(Cl)cc1. The fraction of sp³-hybridized carbons (Fsp3) is 0.227. The number of amides is 2. The lowest BCUT2D eigenvalue weighted by Gasteiger charge is -2.26. The molecule has 1 fully saturated rings. The first-order valence-electron chi connectivity index (χ1n) is 9.71. The van der Waals surface area contributed by atoms with Gasteiger partial charge in [0, 0.05) is 35.9 Å². The van der Waals surface area contributed by atoms with Crippen molar-refractivity contribution in [3.63, 3.8) is 0 Å². The number of aromatic nitrogens is 2. The minimum atomic E-state index is -1.38. The maximum absolute atomic E-state index is 12.5. The zero-order valence-electron chi connectivity index (χ0n) is 17.3. The van der Waals surface area contributed by atoms with Gasteiger partial charge in [-0.2, -0.15) is 0 Å². The molecular formula is C22H23Cl2N5O3. The summed E-state index contributed by atoms with van der Waals surface area (Å²) in [5.74, 6) is -0.442. The number of nitrogens with zero attached hydrogens (tertiary/aromatic N) is 2. The third-order valence-corrected chi connectivity index (χ3v) is 5.39. The fourth-order valence-corrected chi connectivity index (χ4v) is 3.63. The van der Waals surface area contributed by atoms with Gasteiger partial charge < -0.3 is 20.3 Å². The first kappa shape index (κ1) is 23.7.